The van der Waals surface area contributed by atoms with Gasteiger partial charge in [-0.05, 0) is 0 Å². The molecule has 0 bridgehead atoms. The molecule has 0 spiro atoms. The quantitative estimate of drug-likeness (QED) is 0.253. The van der Waals surface area contributed by atoms with Crippen LogP contribution >= 0.6 is 0 Å². The molecular weight excluding hydrogens is 76.0 g/mol. The fourth-order valence-corrected chi connectivity index (χ4v) is 0. The van der Waals surface area contributed by atoms with E-state index in [-0.39, 0.29) is 0 Å². The largest absolute Gasteiger partial charge is 0.339 e. The van der Waals surface area contributed by atoms with Gasteiger partial charge in [0.2, 0.25) is 0 Å². The summed E-state index contributed by atoms with van der Waals surface area (Å²) in [5.74, 6) is -0.690. The van der Waals surface area contributed by atoms with Crippen molar-refractivity contribution in [1.82, 2.24) is 0 Å². The third-order valence-electron chi connectivity index (χ3n) is 0.129. The van der Waals surface area contributed by atoms with Crippen LogP contribution < -0.4 is 0 Å². The van der Waals surface area contributed by atoms with Crippen molar-refractivity contribution in [2.24, 2.45) is 0 Å². The van der Waals surface area contributed by atoms with Crippen molar-refractivity contribution in [2.75, 3.05) is 0 Å². The lowest BCUT2D eigenvalue weighted by Gasteiger charge is -1.76. The summed E-state index contributed by atoms with van der Waals surface area (Å²) in [5.41, 5.74) is 0. The van der Waals surface area contributed by atoms with Crippen molar-refractivity contribution in [3.05, 3.63) is 0 Å². The lowest BCUT2D eigenvalue weighted by molar-refractivity contribution is -0.231. The van der Waals surface area contributed by atoms with E-state index in [1.54, 1.807) is 0 Å². The van der Waals surface area contributed by atoms with E-state index in [2.05, 4.69) is 4.89 Å². The maximum Gasteiger partial charge on any atom is 0.339 e. The molecule has 5 heavy (non-hydrogen) atoms. The summed E-state index contributed by atoms with van der Waals surface area (Å²) in [4.78, 5) is 12.5. The van der Waals surface area contributed by atoms with Gasteiger partial charge in [0.25, 0.3) is 0 Å². The molecule has 0 aromatic carbocycles. The standard InChI is InChI=1S/C2H4O3/c1-2(3)5-4/h4H,1H3/i4+2,5+2. The first kappa shape index (κ1) is 4.43. The summed E-state index contributed by atoms with van der Waals surface area (Å²) in [7, 11) is 0. The number of hydrogen-bond acceptors (Lipinski definition) is 3. The summed E-state index contributed by atoms with van der Waals surface area (Å²) >= 11 is 0. The Morgan fingerprint density at radius 1 is 2.00 bits per heavy atom. The zero-order chi connectivity index (χ0) is 4.28. The Morgan fingerprint density at radius 3 is 2.20 bits per heavy atom. The van der Waals surface area contributed by atoms with Gasteiger partial charge in [0.1, 0.15) is 0 Å². The normalized spacial score (nSPS) is 6.80. The molecule has 0 fully saturated rings. The highest BCUT2D eigenvalue weighted by molar-refractivity contribution is 5.64. The first-order valence-corrected chi connectivity index (χ1v) is 1.09. The molecular formula is C2H4O3. The molecule has 0 radical (unpaired) electrons. The topological polar surface area (TPSA) is 46.5 Å². The Hall–Kier alpha value is -0.570. The molecule has 0 saturated heterocycles. The summed E-state index contributed by atoms with van der Waals surface area (Å²) in [6.07, 6.45) is 0. The summed E-state index contributed by atoms with van der Waals surface area (Å²) in [5, 5.41) is 7.29. The summed E-state index contributed by atoms with van der Waals surface area (Å²) in [6.45, 7) is 1.11. The maximum atomic E-state index is 9.34. The zero-order valence-electron chi connectivity index (χ0n) is 2.76. The van der Waals surface area contributed by atoms with E-state index in [4.69, 9.17) is 5.26 Å². The second-order valence-corrected chi connectivity index (χ2v) is 0.583. The summed E-state index contributed by atoms with van der Waals surface area (Å²) in [6, 6.07) is 0. The van der Waals surface area contributed by atoms with Crippen LogP contribution in [-0.2, 0) is 9.68 Å². The third kappa shape index (κ3) is 3.43. The van der Waals surface area contributed by atoms with E-state index in [9.17, 15) is 4.79 Å². The van der Waals surface area contributed by atoms with Gasteiger partial charge in [-0.15, -0.1) is 0 Å². The predicted molar refractivity (Wildman–Crippen MR) is 14.4 cm³/mol. The molecule has 3 nitrogen and oxygen atoms in total. The van der Waals surface area contributed by atoms with Crippen molar-refractivity contribution in [1.29, 1.82) is 0 Å². The van der Waals surface area contributed by atoms with Gasteiger partial charge in [0, 0.05) is 6.92 Å². The molecule has 0 unspecified atom stereocenters. The Labute approximate surface area is 29.1 Å². The Kier molecular flexibility index (Phi) is 1.53. The second kappa shape index (κ2) is 1.72. The Morgan fingerprint density at radius 2 is 2.20 bits per heavy atom. The van der Waals surface area contributed by atoms with Gasteiger partial charge in [-0.1, -0.05) is 0 Å². The van der Waals surface area contributed by atoms with Crippen LogP contribution in [0.25, 0.3) is 0 Å². The molecule has 0 aromatic heterocycles. The number of carbonyl (C=O) groups excluding carboxylic acids is 1. The van der Waals surface area contributed by atoms with Crippen LogP contribution in [0.4, 0.5) is 0 Å². The lowest BCUT2D eigenvalue weighted by Crippen LogP contribution is -1.89. The van der Waals surface area contributed by atoms with Gasteiger partial charge in [0.15, 0.2) is 0 Å². The van der Waals surface area contributed by atoms with Crippen LogP contribution in [0.2, 0.25) is 0 Å². The Bertz CT molecular complexity index is 40.2. The van der Waals surface area contributed by atoms with E-state index in [0.717, 1.165) is 6.92 Å². The zero-order valence-corrected chi connectivity index (χ0v) is 2.76. The van der Waals surface area contributed by atoms with Crippen LogP contribution in [-0.4, -0.2) is 11.2 Å². The van der Waals surface area contributed by atoms with Crippen molar-refractivity contribution >= 4 is 5.97 Å². The minimum Gasteiger partial charge on any atom is -0.301 e. The lowest BCUT2D eigenvalue weighted by atomic mass is 10.9. The average molecular weight is 80.1 g/mol. The van der Waals surface area contributed by atoms with Gasteiger partial charge in [0.05, 0.1) is 0 Å². The van der Waals surface area contributed by atoms with Crippen LogP contribution in [0.1, 0.15) is 6.92 Å². The van der Waals surface area contributed by atoms with Crippen LogP contribution in [0.5, 0.6) is 0 Å². The number of carbonyl (C=O) groups is 1. The van der Waals surface area contributed by atoms with E-state index >= 15 is 0 Å². The SMILES string of the molecule is CC(=O)[18O][18OH]. The van der Waals surface area contributed by atoms with E-state index < -0.39 is 5.97 Å². The van der Waals surface area contributed by atoms with Crippen molar-refractivity contribution < 1.29 is 14.9 Å². The van der Waals surface area contributed by atoms with Crippen LogP contribution in [0.15, 0.2) is 0 Å². The fraction of sp³-hybridized carbons (Fsp3) is 0.500. The molecule has 1 N–H and O–H groups in total. The van der Waals surface area contributed by atoms with E-state index in [0.29, 0.717) is 0 Å². The highest BCUT2D eigenvalue weighted by Gasteiger charge is 1.79. The monoisotopic (exact) mass is 80.0 g/mol. The Balaban J connectivity index is 2.85. The molecule has 0 atom stereocenters. The average Bonchev–Trinajstić information content (AvgIpc) is 1.38. The molecule has 3 heteroatoms. The van der Waals surface area contributed by atoms with Gasteiger partial charge < -0.3 is 4.89 Å². The molecule has 0 aliphatic rings. The molecule has 0 amide bonds. The molecule has 0 aliphatic heterocycles. The van der Waals surface area contributed by atoms with Gasteiger partial charge in [-0.25, -0.2) is 4.79 Å². The minimum atomic E-state index is -0.690. The van der Waals surface area contributed by atoms with Gasteiger partial charge in [-0.2, -0.15) is 5.26 Å². The van der Waals surface area contributed by atoms with E-state index in [1.807, 2.05) is 0 Å². The third-order valence-corrected chi connectivity index (χ3v) is 0.129. The van der Waals surface area contributed by atoms with Crippen LogP contribution in [0.3, 0.4) is 0 Å². The molecule has 0 heterocycles. The van der Waals surface area contributed by atoms with Crippen LogP contribution in [0, 0.1) is 0 Å². The van der Waals surface area contributed by atoms with Crippen molar-refractivity contribution in [3.63, 3.8) is 0 Å². The highest BCUT2D eigenvalue weighted by atomic mass is 19.1. The minimum absolute atomic E-state index is 0.690. The first-order valence-electron chi connectivity index (χ1n) is 1.09. The molecule has 0 aliphatic carbocycles. The number of rotatable bonds is 0. The predicted octanol–water partition coefficient (Wildman–Crippen LogP) is 0.0225. The molecule has 0 aromatic rings. The second-order valence-electron chi connectivity index (χ2n) is 0.583. The molecule has 0 rings (SSSR count). The summed E-state index contributed by atoms with van der Waals surface area (Å²) < 4.78 is 0. The van der Waals surface area contributed by atoms with Crippen molar-refractivity contribution in [2.45, 2.75) is 6.92 Å². The van der Waals surface area contributed by atoms with E-state index in [1.165, 1.54) is 0 Å². The first-order chi connectivity index (χ1) is 2.27. The van der Waals surface area contributed by atoms with Crippen molar-refractivity contribution in [3.8, 4) is 0 Å². The van der Waals surface area contributed by atoms with Gasteiger partial charge >= 0.3 is 5.97 Å². The number of hydrogen-bond donors (Lipinski definition) is 1. The highest BCUT2D eigenvalue weighted by Crippen LogP contribution is 1.59. The molecule has 0 saturated carbocycles. The molecule has 30 valence electrons. The maximum absolute atomic E-state index is 9.34. The fourth-order valence-electron chi connectivity index (χ4n) is 0. The smallest absolute Gasteiger partial charge is 0.301 e. The van der Waals surface area contributed by atoms with Gasteiger partial charge in [-0.3, -0.25) is 0 Å².